The van der Waals surface area contributed by atoms with Crippen molar-refractivity contribution in [2.45, 2.75) is 6.92 Å². The second-order valence-corrected chi connectivity index (χ2v) is 7.04. The Balaban J connectivity index is 1.44. The average molecular weight is 392 g/mol. The summed E-state index contributed by atoms with van der Waals surface area (Å²) in [6.07, 6.45) is 0. The van der Waals surface area contributed by atoms with Gasteiger partial charge >= 0.3 is 0 Å². The van der Waals surface area contributed by atoms with Gasteiger partial charge in [-0.3, -0.25) is 9.59 Å². The largest absolute Gasteiger partial charge is 0.457 e. The smallest absolute Gasteiger partial charge is 0.193 e. The zero-order valence-corrected chi connectivity index (χ0v) is 16.5. The van der Waals surface area contributed by atoms with Crippen LogP contribution in [0.25, 0.3) is 0 Å². The molecular weight excluding hydrogens is 372 g/mol. The molecule has 3 nitrogen and oxygen atoms in total. The van der Waals surface area contributed by atoms with Crippen molar-refractivity contribution in [3.8, 4) is 11.5 Å². The Kier molecular flexibility index (Phi) is 5.53. The highest BCUT2D eigenvalue weighted by atomic mass is 16.5. The van der Waals surface area contributed by atoms with Crippen molar-refractivity contribution in [3.05, 3.63) is 131 Å². The standard InChI is InChI=1S/C27H20O3/c1-19-7-9-21(10-8-19)27(29)23-13-17-25(18-14-23)30-24-15-11-22(12-16-24)26(28)20-5-3-2-4-6-20/h2-18H,1H3. The van der Waals surface area contributed by atoms with Gasteiger partial charge in [-0.1, -0.05) is 60.2 Å². The molecule has 0 radical (unpaired) electrons. The maximum Gasteiger partial charge on any atom is 0.193 e. The number of ether oxygens (including phenoxy) is 1. The first-order valence-electron chi connectivity index (χ1n) is 9.69. The van der Waals surface area contributed by atoms with E-state index >= 15 is 0 Å². The molecule has 0 aliphatic rings. The minimum absolute atomic E-state index is 0.0228. The number of benzene rings is 4. The average Bonchev–Trinajstić information content (AvgIpc) is 2.80. The number of ketones is 2. The highest BCUT2D eigenvalue weighted by molar-refractivity contribution is 6.09. The molecule has 0 heterocycles. The van der Waals surface area contributed by atoms with Gasteiger partial charge in [-0.2, -0.15) is 0 Å². The van der Waals surface area contributed by atoms with Crippen LogP contribution in [0.3, 0.4) is 0 Å². The van der Waals surface area contributed by atoms with Crippen LogP contribution in [0.15, 0.2) is 103 Å². The SMILES string of the molecule is Cc1ccc(C(=O)c2ccc(Oc3ccc(C(=O)c4ccccc4)cc3)cc2)cc1. The maximum absolute atomic E-state index is 12.6. The lowest BCUT2D eigenvalue weighted by molar-refractivity contribution is 0.103. The number of aryl methyl sites for hydroxylation is 1. The number of hydrogen-bond acceptors (Lipinski definition) is 3. The zero-order chi connectivity index (χ0) is 20.9. The van der Waals surface area contributed by atoms with E-state index in [9.17, 15) is 9.59 Å². The monoisotopic (exact) mass is 392 g/mol. The molecule has 0 bridgehead atoms. The number of carbonyl (C=O) groups is 2. The van der Waals surface area contributed by atoms with Gasteiger partial charge in [-0.05, 0) is 55.5 Å². The summed E-state index contributed by atoms with van der Waals surface area (Å²) >= 11 is 0. The summed E-state index contributed by atoms with van der Waals surface area (Å²) in [5.41, 5.74) is 3.64. The summed E-state index contributed by atoms with van der Waals surface area (Å²) in [6.45, 7) is 1.99. The first kappa shape index (κ1) is 19.3. The van der Waals surface area contributed by atoms with E-state index in [2.05, 4.69) is 0 Å². The van der Waals surface area contributed by atoms with Gasteiger partial charge in [0, 0.05) is 22.3 Å². The second-order valence-electron chi connectivity index (χ2n) is 7.04. The van der Waals surface area contributed by atoms with E-state index in [0.717, 1.165) is 5.56 Å². The number of rotatable bonds is 6. The quantitative estimate of drug-likeness (QED) is 0.364. The fraction of sp³-hybridized carbons (Fsp3) is 0.0370. The van der Waals surface area contributed by atoms with Crippen LogP contribution in [0.1, 0.15) is 37.4 Å². The molecule has 0 atom stereocenters. The van der Waals surface area contributed by atoms with Gasteiger partial charge in [-0.25, -0.2) is 0 Å². The van der Waals surface area contributed by atoms with Gasteiger partial charge in [0.2, 0.25) is 0 Å². The minimum Gasteiger partial charge on any atom is -0.457 e. The van der Waals surface area contributed by atoms with E-state index in [4.69, 9.17) is 4.74 Å². The van der Waals surface area contributed by atoms with E-state index in [1.165, 1.54) is 0 Å². The van der Waals surface area contributed by atoms with Crippen molar-refractivity contribution in [2.75, 3.05) is 0 Å². The predicted molar refractivity (Wildman–Crippen MR) is 117 cm³/mol. The van der Waals surface area contributed by atoms with Crippen LogP contribution >= 0.6 is 0 Å². The van der Waals surface area contributed by atoms with E-state index in [1.54, 1.807) is 60.7 Å². The van der Waals surface area contributed by atoms with Crippen LogP contribution < -0.4 is 4.74 Å². The summed E-state index contributed by atoms with van der Waals surface area (Å²) in [7, 11) is 0. The van der Waals surface area contributed by atoms with Crippen molar-refractivity contribution in [3.63, 3.8) is 0 Å². The Morgan fingerprint density at radius 1 is 0.500 bits per heavy atom. The summed E-state index contributed by atoms with van der Waals surface area (Å²) in [6, 6.07) is 30.8. The van der Waals surface area contributed by atoms with Gasteiger partial charge in [0.05, 0.1) is 0 Å². The fourth-order valence-electron chi connectivity index (χ4n) is 3.11. The molecule has 0 saturated heterocycles. The van der Waals surface area contributed by atoms with E-state index in [1.807, 2.05) is 49.4 Å². The van der Waals surface area contributed by atoms with Crippen LogP contribution in [0.2, 0.25) is 0 Å². The molecular formula is C27H20O3. The van der Waals surface area contributed by atoms with Crippen molar-refractivity contribution in [2.24, 2.45) is 0 Å². The first-order valence-corrected chi connectivity index (χ1v) is 9.69. The lowest BCUT2D eigenvalue weighted by Crippen LogP contribution is -2.01. The zero-order valence-electron chi connectivity index (χ0n) is 16.5. The van der Waals surface area contributed by atoms with Gasteiger partial charge in [0.1, 0.15) is 11.5 Å². The van der Waals surface area contributed by atoms with E-state index < -0.39 is 0 Å². The lowest BCUT2D eigenvalue weighted by Gasteiger charge is -2.08. The molecule has 0 amide bonds. The Bertz CT molecular complexity index is 1160. The topological polar surface area (TPSA) is 43.4 Å². The molecule has 4 aromatic rings. The van der Waals surface area contributed by atoms with Gasteiger partial charge < -0.3 is 4.74 Å². The highest BCUT2D eigenvalue weighted by Crippen LogP contribution is 2.23. The molecule has 0 aliphatic carbocycles. The maximum atomic E-state index is 12.6. The normalized spacial score (nSPS) is 10.4. The van der Waals surface area contributed by atoms with Crippen LogP contribution in [-0.4, -0.2) is 11.6 Å². The number of hydrogen-bond donors (Lipinski definition) is 0. The minimum atomic E-state index is -0.0267. The van der Waals surface area contributed by atoms with E-state index in [0.29, 0.717) is 33.8 Å². The Labute approximate surface area is 175 Å². The third kappa shape index (κ3) is 4.36. The molecule has 0 spiro atoms. The molecule has 0 saturated carbocycles. The molecule has 0 aromatic heterocycles. The third-order valence-electron chi connectivity index (χ3n) is 4.82. The molecule has 0 N–H and O–H groups in total. The Morgan fingerprint density at radius 3 is 1.30 bits per heavy atom. The Hall–Kier alpha value is -3.98. The van der Waals surface area contributed by atoms with Crippen LogP contribution in [-0.2, 0) is 0 Å². The van der Waals surface area contributed by atoms with Crippen LogP contribution in [0.4, 0.5) is 0 Å². The number of carbonyl (C=O) groups excluding carboxylic acids is 2. The fourth-order valence-corrected chi connectivity index (χ4v) is 3.11. The molecule has 30 heavy (non-hydrogen) atoms. The summed E-state index contributed by atoms with van der Waals surface area (Å²) < 4.78 is 5.85. The highest BCUT2D eigenvalue weighted by Gasteiger charge is 2.10. The molecule has 4 rings (SSSR count). The second kappa shape index (κ2) is 8.58. The van der Waals surface area contributed by atoms with Crippen LogP contribution in [0, 0.1) is 6.92 Å². The molecule has 3 heteroatoms. The third-order valence-corrected chi connectivity index (χ3v) is 4.82. The summed E-state index contributed by atoms with van der Waals surface area (Å²) in [4.78, 5) is 25.1. The molecule has 146 valence electrons. The molecule has 0 unspecified atom stereocenters. The summed E-state index contributed by atoms with van der Waals surface area (Å²) in [5.74, 6) is 1.20. The lowest BCUT2D eigenvalue weighted by atomic mass is 10.0. The molecule has 0 aliphatic heterocycles. The van der Waals surface area contributed by atoms with Crippen molar-refractivity contribution < 1.29 is 14.3 Å². The van der Waals surface area contributed by atoms with Crippen molar-refractivity contribution in [1.82, 2.24) is 0 Å². The van der Waals surface area contributed by atoms with Gasteiger partial charge in [-0.15, -0.1) is 0 Å². The molecule has 0 fully saturated rings. The van der Waals surface area contributed by atoms with Gasteiger partial charge in [0.15, 0.2) is 11.6 Å². The van der Waals surface area contributed by atoms with E-state index in [-0.39, 0.29) is 11.6 Å². The first-order chi connectivity index (χ1) is 14.6. The Morgan fingerprint density at radius 2 is 0.867 bits per heavy atom. The van der Waals surface area contributed by atoms with Crippen molar-refractivity contribution in [1.29, 1.82) is 0 Å². The predicted octanol–water partition coefficient (Wildman–Crippen LogP) is 6.25. The molecule has 4 aromatic carbocycles. The summed E-state index contributed by atoms with van der Waals surface area (Å²) in [5, 5.41) is 0. The van der Waals surface area contributed by atoms with Crippen molar-refractivity contribution >= 4 is 11.6 Å². The van der Waals surface area contributed by atoms with Gasteiger partial charge in [0.25, 0.3) is 0 Å². The van der Waals surface area contributed by atoms with Crippen LogP contribution in [0.5, 0.6) is 11.5 Å².